The summed E-state index contributed by atoms with van der Waals surface area (Å²) < 4.78 is 21.5. The van der Waals surface area contributed by atoms with Gasteiger partial charge in [-0.3, -0.25) is 4.90 Å². The molecule has 0 aromatic rings. The molecule has 0 saturated heterocycles. The van der Waals surface area contributed by atoms with Crippen LogP contribution in [0.4, 0.5) is 0 Å². The van der Waals surface area contributed by atoms with Gasteiger partial charge in [0, 0.05) is 6.29 Å². The summed E-state index contributed by atoms with van der Waals surface area (Å²) in [5.41, 5.74) is 0. The van der Waals surface area contributed by atoms with Gasteiger partial charge in [-0.15, -0.1) is 0 Å². The summed E-state index contributed by atoms with van der Waals surface area (Å²) >= 11 is 0. The average Bonchev–Trinajstić information content (AvgIpc) is 2.17. The van der Waals surface area contributed by atoms with Gasteiger partial charge >= 0.3 is 154 Å². The van der Waals surface area contributed by atoms with E-state index in [4.69, 9.17) is 4.89 Å². The third-order valence-electron chi connectivity index (χ3n) is 2.76. The normalized spacial score (nSPS) is 13.7. The van der Waals surface area contributed by atoms with E-state index in [1.807, 2.05) is 0 Å². The van der Waals surface area contributed by atoms with E-state index in [2.05, 4.69) is 13.8 Å². The van der Waals surface area contributed by atoms with Gasteiger partial charge in [0.15, 0.2) is 0 Å². The molecule has 1 unspecified atom stereocenters. The molecule has 0 aliphatic heterocycles. The summed E-state index contributed by atoms with van der Waals surface area (Å²) in [7, 11) is -9.43. The van der Waals surface area contributed by atoms with Gasteiger partial charge in [-0.1, -0.05) is 47.1 Å². The summed E-state index contributed by atoms with van der Waals surface area (Å²) in [6, 6.07) is 0. The fourth-order valence-electron chi connectivity index (χ4n) is 1.93. The Morgan fingerprint density at radius 2 is 1.39 bits per heavy atom. The fourth-order valence-corrected chi connectivity index (χ4v) is 3.56. The van der Waals surface area contributed by atoms with E-state index in [0.717, 1.165) is 30.6 Å². The first-order valence-electron chi connectivity index (χ1n) is 6.76. The van der Waals surface area contributed by atoms with Crippen molar-refractivity contribution in [2.45, 2.75) is 46.0 Å². The van der Waals surface area contributed by atoms with Crippen LogP contribution in [-0.2, 0) is 9.13 Å². The summed E-state index contributed by atoms with van der Waals surface area (Å²) in [4.78, 5) is 41.9. The van der Waals surface area contributed by atoms with Crippen molar-refractivity contribution in [1.29, 1.82) is 0 Å². The van der Waals surface area contributed by atoms with Crippen LogP contribution in [0, 0.1) is 5.92 Å². The molecule has 0 aliphatic rings. The third-order valence-corrected chi connectivity index (χ3v) is 4.26. The second-order valence-electron chi connectivity index (χ2n) is 5.52. The maximum Gasteiger partial charge on any atom is 1.00 e. The van der Waals surface area contributed by atoms with Gasteiger partial charge in [-0.2, -0.15) is 0 Å². The molecule has 122 valence electrons. The Bertz CT molecular complexity index is 340. The van der Waals surface area contributed by atoms with Crippen LogP contribution in [0.15, 0.2) is 0 Å². The van der Waals surface area contributed by atoms with Crippen molar-refractivity contribution in [3.8, 4) is 0 Å². The van der Waals surface area contributed by atoms with Crippen molar-refractivity contribution in [3.63, 3.8) is 0 Å². The summed E-state index contributed by atoms with van der Waals surface area (Å²) in [6.07, 6.45) is 2.93. The summed E-state index contributed by atoms with van der Waals surface area (Å²) in [5.74, 6) is 0.638. The number of hydrogen-bond donors (Lipinski definition) is 1. The molecule has 12 heteroatoms. The number of rotatable bonds is 11. The minimum atomic E-state index is -4.83. The summed E-state index contributed by atoms with van der Waals surface area (Å²) in [5, 5.41) is 0. The maximum atomic E-state index is 10.8. The Kier molecular flexibility index (Phi) is 29.6. The molecule has 0 bridgehead atoms. The first-order valence-corrected chi connectivity index (χ1v) is 10.2. The van der Waals surface area contributed by atoms with Crippen LogP contribution in [0.5, 0.6) is 0 Å². The molecule has 0 rings (SSSR count). The first kappa shape index (κ1) is 35.6. The van der Waals surface area contributed by atoms with Crippen molar-refractivity contribution in [2.24, 2.45) is 5.92 Å². The molecule has 0 aromatic heterocycles. The molecule has 0 spiro atoms. The Morgan fingerprint density at radius 3 is 1.78 bits per heavy atom. The fraction of sp³-hybridized carbons (Fsp3) is 1.00. The molecular weight excluding hydrogens is 421 g/mol. The second-order valence-corrected chi connectivity index (χ2v) is 8.58. The number of nitrogens with zero attached hydrogens (tertiary/aromatic N) is 1. The molecule has 7 nitrogen and oxygen atoms in total. The number of unbranched alkanes of at least 4 members (excludes halogenated alkanes) is 3. The van der Waals surface area contributed by atoms with E-state index in [-0.39, 0.29) is 161 Å². The molecule has 23 heavy (non-hydrogen) atoms. The minimum Gasteiger partial charge on any atom is -0.810 e. The topological polar surface area (TPSA) is 127 Å². The smallest absolute Gasteiger partial charge is 0.810 e. The zero-order valence-corrected chi connectivity index (χ0v) is 26.2. The van der Waals surface area contributed by atoms with E-state index in [9.17, 15) is 23.8 Å². The van der Waals surface area contributed by atoms with Gasteiger partial charge < -0.3 is 28.7 Å². The molecule has 0 aliphatic carbocycles. The van der Waals surface area contributed by atoms with Crippen LogP contribution in [0.1, 0.15) is 46.0 Å². The predicted molar refractivity (Wildman–Crippen MR) is 71.8 cm³/mol. The second kappa shape index (κ2) is 19.2. The molecule has 0 heterocycles. The molecule has 1 N–H and O–H groups in total. The van der Waals surface area contributed by atoms with Gasteiger partial charge in [0.2, 0.25) is 0 Å². The Balaban J connectivity index is -0.000000602. The molecule has 0 amide bonds. The third kappa shape index (κ3) is 29.5. The largest absolute Gasteiger partial charge is 1.00 e. The van der Waals surface area contributed by atoms with Gasteiger partial charge in [0.25, 0.3) is 0 Å². The van der Waals surface area contributed by atoms with Crippen LogP contribution in [0.25, 0.3) is 0 Å². The maximum absolute atomic E-state index is 10.8. The predicted octanol–water partition coefficient (Wildman–Crippen LogP) is -8.72. The molecule has 0 fully saturated rings. The Hall–Kier alpha value is 5.17. The van der Waals surface area contributed by atoms with E-state index >= 15 is 0 Å². The number of hydrogen-bond acceptors (Lipinski definition) is 6. The molecule has 0 radical (unpaired) electrons. The molecular formula is C11H24K3NO6P2. The quantitative estimate of drug-likeness (QED) is 0.190. The van der Waals surface area contributed by atoms with Crippen LogP contribution in [0.3, 0.4) is 0 Å². The van der Waals surface area contributed by atoms with E-state index in [1.165, 1.54) is 0 Å². The summed E-state index contributed by atoms with van der Waals surface area (Å²) in [6.45, 7) is 4.44. The van der Waals surface area contributed by atoms with Crippen molar-refractivity contribution in [1.82, 2.24) is 4.90 Å². The van der Waals surface area contributed by atoms with Gasteiger partial charge in [-0.05, 0) is 18.9 Å². The zero-order chi connectivity index (χ0) is 15.8. The van der Waals surface area contributed by atoms with Crippen molar-refractivity contribution in [3.05, 3.63) is 0 Å². The Labute approximate surface area is 267 Å². The average molecular weight is 446 g/mol. The zero-order valence-electron chi connectivity index (χ0n) is 15.1. The van der Waals surface area contributed by atoms with Gasteiger partial charge in [-0.25, -0.2) is 0 Å². The van der Waals surface area contributed by atoms with Crippen molar-refractivity contribution < 1.29 is 183 Å². The molecule has 0 saturated carbocycles. The molecule has 1 atom stereocenters. The van der Waals surface area contributed by atoms with Crippen molar-refractivity contribution in [2.75, 3.05) is 19.1 Å². The van der Waals surface area contributed by atoms with Gasteiger partial charge in [0.1, 0.15) is 7.60 Å². The van der Waals surface area contributed by atoms with Crippen molar-refractivity contribution >= 4 is 15.2 Å². The Morgan fingerprint density at radius 1 is 0.913 bits per heavy atom. The standard InChI is InChI=1S/C11H27NO6P2.3K/c1-11(2)7-5-3-4-6-8-12(9-19(13,14)15)10-20(16,17)18;;;/h11H,3-10H2,1-2H3,(H2,13,14,15)(H2,16,17,18);;;/q;3*+1/p-3. The van der Waals surface area contributed by atoms with Gasteiger partial charge in [0.05, 0.1) is 6.29 Å². The SMILES string of the molecule is CC(C)CCCCCCN(CP(=O)([O-])[O-])CP(=O)([O-])O.[K+].[K+].[K+]. The van der Waals surface area contributed by atoms with Crippen LogP contribution in [0.2, 0.25) is 0 Å². The van der Waals surface area contributed by atoms with Crippen LogP contribution in [-0.4, -0.2) is 28.9 Å². The van der Waals surface area contributed by atoms with Crippen LogP contribution >= 0.6 is 15.2 Å². The van der Waals surface area contributed by atoms with E-state index in [1.54, 1.807) is 0 Å². The molecule has 0 aromatic carbocycles. The first-order chi connectivity index (χ1) is 8.99. The monoisotopic (exact) mass is 445 g/mol. The minimum absolute atomic E-state index is 0. The van der Waals surface area contributed by atoms with Crippen LogP contribution < -0.4 is 169 Å². The van der Waals surface area contributed by atoms with E-state index < -0.39 is 27.8 Å². The van der Waals surface area contributed by atoms with E-state index in [0.29, 0.717) is 12.3 Å².